The van der Waals surface area contributed by atoms with Crippen LogP contribution < -0.4 is 0 Å². The monoisotopic (exact) mass is 303 g/mol. The van der Waals surface area contributed by atoms with Crippen LogP contribution in [0.25, 0.3) is 0 Å². The lowest BCUT2D eigenvalue weighted by atomic mass is 9.81. The SMILES string of the molecule is [2H]C([2H])(O)[C@@H]1[C@@H](c2ccc(F)cc2)CCN(Cc2ccccc2)C1([2H])[2H]. The molecule has 0 radical (unpaired) electrons. The summed E-state index contributed by atoms with van der Waals surface area (Å²) in [6.07, 6.45) is 0.475. The predicted molar refractivity (Wildman–Crippen MR) is 86.1 cm³/mol. The first-order valence-corrected chi connectivity index (χ1v) is 7.46. The first-order chi connectivity index (χ1) is 12.2. The average molecular weight is 303 g/mol. The maximum atomic E-state index is 13.2. The third kappa shape index (κ3) is 3.54. The van der Waals surface area contributed by atoms with Crippen LogP contribution in [0.1, 0.15) is 28.9 Å². The predicted octanol–water partition coefficient (Wildman–Crippen LogP) is 3.42. The van der Waals surface area contributed by atoms with Crippen LogP contribution >= 0.6 is 0 Å². The Morgan fingerprint density at radius 2 is 1.91 bits per heavy atom. The minimum atomic E-state index is -2.71. The Morgan fingerprint density at radius 3 is 2.59 bits per heavy atom. The highest BCUT2D eigenvalue weighted by atomic mass is 19.1. The largest absolute Gasteiger partial charge is 0.396 e. The van der Waals surface area contributed by atoms with E-state index >= 15 is 0 Å². The number of benzene rings is 2. The van der Waals surface area contributed by atoms with Crippen molar-refractivity contribution in [3.8, 4) is 0 Å². The highest BCUT2D eigenvalue weighted by molar-refractivity contribution is 5.22. The van der Waals surface area contributed by atoms with Gasteiger partial charge in [0.05, 0.1) is 2.74 Å². The van der Waals surface area contributed by atoms with Crippen molar-refractivity contribution in [1.82, 2.24) is 4.90 Å². The van der Waals surface area contributed by atoms with E-state index in [0.29, 0.717) is 25.1 Å². The van der Waals surface area contributed by atoms with Gasteiger partial charge in [-0.25, -0.2) is 4.39 Å². The second-order valence-corrected chi connectivity index (χ2v) is 5.59. The maximum absolute atomic E-state index is 13.2. The standard InChI is InChI=1S/C19H22FNO/c20-18-8-6-16(7-9-18)19-10-11-21(13-17(19)14-22)12-15-4-2-1-3-5-15/h1-9,17,19,22H,10-14H2/t17-,19-/m1/s1/i13D2,14D2. The van der Waals surface area contributed by atoms with Crippen LogP contribution in [0.4, 0.5) is 4.39 Å². The molecule has 1 heterocycles. The van der Waals surface area contributed by atoms with Gasteiger partial charge in [0.15, 0.2) is 0 Å². The van der Waals surface area contributed by atoms with Crippen molar-refractivity contribution in [3.05, 3.63) is 71.5 Å². The van der Waals surface area contributed by atoms with Gasteiger partial charge in [0.25, 0.3) is 0 Å². The van der Waals surface area contributed by atoms with E-state index in [1.54, 1.807) is 17.0 Å². The first kappa shape index (κ1) is 10.9. The van der Waals surface area contributed by atoms with Crippen molar-refractivity contribution in [2.24, 2.45) is 5.92 Å². The van der Waals surface area contributed by atoms with Crippen molar-refractivity contribution < 1.29 is 15.0 Å². The van der Waals surface area contributed by atoms with Gasteiger partial charge in [-0.1, -0.05) is 42.5 Å². The molecule has 2 aromatic rings. The molecule has 0 saturated carbocycles. The number of rotatable bonds is 4. The van der Waals surface area contributed by atoms with E-state index in [1.165, 1.54) is 12.1 Å². The topological polar surface area (TPSA) is 23.5 Å². The fourth-order valence-corrected chi connectivity index (χ4v) is 2.93. The highest BCUT2D eigenvalue weighted by Gasteiger charge is 2.29. The van der Waals surface area contributed by atoms with Crippen LogP contribution in [0, 0.1) is 11.7 Å². The fraction of sp³-hybridized carbons (Fsp3) is 0.368. The molecule has 1 aliphatic heterocycles. The number of nitrogens with zero attached hydrogens (tertiary/aromatic N) is 1. The summed E-state index contributed by atoms with van der Waals surface area (Å²) in [5.41, 5.74) is 1.56. The molecule has 1 fully saturated rings. The van der Waals surface area contributed by atoms with E-state index in [9.17, 15) is 9.50 Å². The number of halogens is 1. The zero-order valence-corrected chi connectivity index (χ0v) is 12.2. The molecule has 0 amide bonds. The fourth-order valence-electron chi connectivity index (χ4n) is 2.93. The summed E-state index contributed by atoms with van der Waals surface area (Å²) in [6.45, 7) is -4.03. The van der Waals surface area contributed by atoms with Crippen LogP contribution in [0.15, 0.2) is 54.6 Å². The minimum absolute atomic E-state index is 0.330. The molecule has 1 saturated heterocycles. The Kier molecular flexibility index (Phi) is 3.49. The van der Waals surface area contributed by atoms with Gasteiger partial charge < -0.3 is 5.11 Å². The summed E-state index contributed by atoms with van der Waals surface area (Å²) in [4.78, 5) is 1.57. The normalized spacial score (nSPS) is 28.3. The Labute approximate surface area is 136 Å². The van der Waals surface area contributed by atoms with Crippen LogP contribution in [0.2, 0.25) is 0 Å². The van der Waals surface area contributed by atoms with Crippen LogP contribution in [-0.4, -0.2) is 29.6 Å². The molecule has 2 aromatic carbocycles. The third-order valence-electron chi connectivity index (χ3n) is 4.09. The van der Waals surface area contributed by atoms with Gasteiger partial charge in [-0.15, -0.1) is 0 Å². The Balaban J connectivity index is 1.93. The van der Waals surface area contributed by atoms with Crippen LogP contribution in [0.5, 0.6) is 0 Å². The quantitative estimate of drug-likeness (QED) is 0.935. The van der Waals surface area contributed by atoms with Crippen molar-refractivity contribution >= 4 is 0 Å². The molecule has 3 heteroatoms. The molecule has 116 valence electrons. The lowest BCUT2D eigenvalue weighted by molar-refractivity contribution is 0.0972. The Bertz CT molecular complexity index is 733. The molecule has 0 bridgehead atoms. The van der Waals surface area contributed by atoms with Gasteiger partial charge in [0, 0.05) is 28.3 Å². The summed E-state index contributed by atoms with van der Waals surface area (Å²) < 4.78 is 46.1. The second kappa shape index (κ2) is 7.03. The van der Waals surface area contributed by atoms with E-state index in [4.69, 9.17) is 5.48 Å². The Morgan fingerprint density at radius 1 is 1.18 bits per heavy atom. The number of hydrogen-bond acceptors (Lipinski definition) is 2. The average Bonchev–Trinajstić information content (AvgIpc) is 2.57. The Hall–Kier alpha value is -1.71. The number of likely N-dealkylation sites (tertiary alicyclic amines) is 1. The number of aliphatic hydroxyl groups is 1. The van der Waals surface area contributed by atoms with Crippen molar-refractivity contribution in [1.29, 1.82) is 0 Å². The van der Waals surface area contributed by atoms with E-state index < -0.39 is 30.7 Å². The highest BCUT2D eigenvalue weighted by Crippen LogP contribution is 2.33. The molecular weight excluding hydrogens is 277 g/mol. The molecule has 0 spiro atoms. The molecule has 1 aliphatic rings. The summed E-state index contributed by atoms with van der Waals surface area (Å²) in [7, 11) is 0. The first-order valence-electron chi connectivity index (χ1n) is 9.46. The second-order valence-electron chi connectivity index (χ2n) is 5.59. The van der Waals surface area contributed by atoms with Gasteiger partial charge >= 0.3 is 0 Å². The summed E-state index contributed by atoms with van der Waals surface area (Å²) >= 11 is 0. The maximum Gasteiger partial charge on any atom is 0.123 e. The molecule has 0 aliphatic carbocycles. The lowest BCUT2D eigenvalue weighted by Gasteiger charge is -2.38. The number of hydrogen-bond donors (Lipinski definition) is 1. The summed E-state index contributed by atoms with van der Waals surface area (Å²) in [5, 5.41) is 10.1. The van der Waals surface area contributed by atoms with E-state index in [-0.39, 0.29) is 0 Å². The van der Waals surface area contributed by atoms with Gasteiger partial charge in [-0.2, -0.15) is 0 Å². The molecule has 0 aromatic heterocycles. The van der Waals surface area contributed by atoms with Crippen molar-refractivity contribution in [3.63, 3.8) is 0 Å². The smallest absolute Gasteiger partial charge is 0.123 e. The van der Waals surface area contributed by atoms with Crippen LogP contribution in [-0.2, 0) is 6.54 Å². The van der Waals surface area contributed by atoms with Crippen molar-refractivity contribution in [2.45, 2.75) is 18.9 Å². The van der Waals surface area contributed by atoms with E-state index in [2.05, 4.69) is 0 Å². The van der Waals surface area contributed by atoms with E-state index in [1.807, 2.05) is 30.3 Å². The number of piperidine rings is 1. The third-order valence-corrected chi connectivity index (χ3v) is 4.09. The molecule has 2 atom stereocenters. The lowest BCUT2D eigenvalue weighted by Crippen LogP contribution is -2.40. The molecule has 2 nitrogen and oxygen atoms in total. The zero-order chi connectivity index (χ0) is 18.9. The van der Waals surface area contributed by atoms with E-state index in [0.717, 1.165) is 5.56 Å². The van der Waals surface area contributed by atoms with Gasteiger partial charge in [-0.3, -0.25) is 4.90 Å². The van der Waals surface area contributed by atoms with Gasteiger partial charge in [-0.05, 0) is 42.1 Å². The molecule has 0 unspecified atom stereocenters. The molecule has 1 N–H and O–H groups in total. The van der Waals surface area contributed by atoms with Gasteiger partial charge in [0.1, 0.15) is 5.82 Å². The van der Waals surface area contributed by atoms with Gasteiger partial charge in [0.2, 0.25) is 0 Å². The molecule has 3 rings (SSSR count). The zero-order valence-electron chi connectivity index (χ0n) is 16.2. The summed E-state index contributed by atoms with van der Waals surface area (Å²) in [6, 6.07) is 15.1. The minimum Gasteiger partial charge on any atom is -0.396 e. The summed E-state index contributed by atoms with van der Waals surface area (Å²) in [5.74, 6) is -2.24. The molecule has 22 heavy (non-hydrogen) atoms. The van der Waals surface area contributed by atoms with Crippen LogP contribution in [0.3, 0.4) is 0 Å². The molecular formula is C19H22FNO. The van der Waals surface area contributed by atoms with Crippen molar-refractivity contribution in [2.75, 3.05) is 19.6 Å².